The molecule has 0 atom stereocenters. The summed E-state index contributed by atoms with van der Waals surface area (Å²) in [6.45, 7) is 6.96. The highest BCUT2D eigenvalue weighted by molar-refractivity contribution is 5.91. The first-order chi connectivity index (χ1) is 12.5. The Labute approximate surface area is 152 Å². The van der Waals surface area contributed by atoms with Crippen LogP contribution in [-0.2, 0) is 11.3 Å². The average Bonchev–Trinajstić information content (AvgIpc) is 2.66. The Morgan fingerprint density at radius 1 is 1.08 bits per heavy atom. The molecule has 0 radical (unpaired) electrons. The Morgan fingerprint density at radius 2 is 1.69 bits per heavy atom. The van der Waals surface area contributed by atoms with Crippen LogP contribution in [0.1, 0.15) is 19.4 Å². The normalized spacial score (nSPS) is 10.6. The predicted molar refractivity (Wildman–Crippen MR) is 100 cm³/mol. The fourth-order valence-corrected chi connectivity index (χ4v) is 2.41. The van der Waals surface area contributed by atoms with Crippen molar-refractivity contribution < 1.29 is 14.5 Å². The van der Waals surface area contributed by atoms with Crippen LogP contribution in [-0.4, -0.2) is 35.4 Å². The molecule has 0 aliphatic rings. The second-order valence-electron chi connectivity index (χ2n) is 5.75. The van der Waals surface area contributed by atoms with Crippen LogP contribution in [0.4, 0.5) is 11.4 Å². The molecule has 0 heterocycles. The summed E-state index contributed by atoms with van der Waals surface area (Å²) in [6, 6.07) is 13.3. The van der Waals surface area contributed by atoms with Gasteiger partial charge < -0.3 is 10.1 Å². The molecule has 1 amide bonds. The zero-order valence-electron chi connectivity index (χ0n) is 15.0. The highest BCUT2D eigenvalue weighted by atomic mass is 16.6. The minimum absolute atomic E-state index is 0.0217. The van der Waals surface area contributed by atoms with Gasteiger partial charge in [-0.1, -0.05) is 26.0 Å². The fraction of sp³-hybridized carbons (Fsp3) is 0.316. The number of nitro benzene ring substituents is 1. The smallest absolute Gasteiger partial charge is 0.269 e. The maximum atomic E-state index is 12.0. The molecule has 138 valence electrons. The van der Waals surface area contributed by atoms with E-state index in [0.29, 0.717) is 11.4 Å². The number of non-ortho nitro benzene ring substituents is 1. The Balaban J connectivity index is 1.82. The Hall–Kier alpha value is -2.93. The minimum Gasteiger partial charge on any atom is -0.484 e. The third-order valence-electron chi connectivity index (χ3n) is 3.96. The third kappa shape index (κ3) is 5.86. The molecule has 0 aliphatic carbocycles. The van der Waals surface area contributed by atoms with Crippen LogP contribution in [0.3, 0.4) is 0 Å². The van der Waals surface area contributed by atoms with Gasteiger partial charge in [-0.3, -0.25) is 19.8 Å². The van der Waals surface area contributed by atoms with Crippen molar-refractivity contribution in [2.45, 2.75) is 20.4 Å². The molecule has 0 aromatic heterocycles. The molecule has 0 saturated carbocycles. The summed E-state index contributed by atoms with van der Waals surface area (Å²) in [5.74, 6) is 0.111. The van der Waals surface area contributed by atoms with Crippen molar-refractivity contribution in [3.05, 3.63) is 64.2 Å². The zero-order valence-corrected chi connectivity index (χ0v) is 15.0. The molecule has 7 heteroatoms. The molecule has 0 saturated heterocycles. The van der Waals surface area contributed by atoms with E-state index in [-0.39, 0.29) is 18.2 Å². The van der Waals surface area contributed by atoms with Crippen molar-refractivity contribution in [1.29, 1.82) is 0 Å². The van der Waals surface area contributed by atoms with Gasteiger partial charge in [-0.2, -0.15) is 0 Å². The highest BCUT2D eigenvalue weighted by Gasteiger charge is 2.07. The zero-order chi connectivity index (χ0) is 18.9. The van der Waals surface area contributed by atoms with Crippen molar-refractivity contribution >= 4 is 17.3 Å². The van der Waals surface area contributed by atoms with Gasteiger partial charge in [-0.05, 0) is 42.9 Å². The molecule has 26 heavy (non-hydrogen) atoms. The van der Waals surface area contributed by atoms with Crippen molar-refractivity contribution in [3.8, 4) is 5.75 Å². The third-order valence-corrected chi connectivity index (χ3v) is 3.96. The summed E-state index contributed by atoms with van der Waals surface area (Å²) in [5.41, 5.74) is 1.87. The maximum absolute atomic E-state index is 12.0. The van der Waals surface area contributed by atoms with E-state index in [1.165, 1.54) is 29.8 Å². The highest BCUT2D eigenvalue weighted by Crippen LogP contribution is 2.17. The number of nitrogens with one attached hydrogen (secondary N) is 1. The minimum atomic E-state index is -0.486. The lowest BCUT2D eigenvalue weighted by molar-refractivity contribution is -0.384. The standard InChI is InChI=1S/C19H23N3O4/c1-3-21(4-2)13-15-5-7-16(8-6-15)20-19(23)14-26-18-11-9-17(10-12-18)22(24)25/h5-12H,3-4,13-14H2,1-2H3,(H,20,23). The van der Waals surface area contributed by atoms with Crippen LogP contribution in [0.15, 0.2) is 48.5 Å². The van der Waals surface area contributed by atoms with Gasteiger partial charge in [0.15, 0.2) is 6.61 Å². The van der Waals surface area contributed by atoms with Gasteiger partial charge in [0, 0.05) is 24.4 Å². The quantitative estimate of drug-likeness (QED) is 0.549. The topological polar surface area (TPSA) is 84.7 Å². The van der Waals surface area contributed by atoms with Crippen LogP contribution in [0.5, 0.6) is 5.75 Å². The molecule has 0 bridgehead atoms. The fourth-order valence-electron chi connectivity index (χ4n) is 2.41. The van der Waals surface area contributed by atoms with E-state index in [1.54, 1.807) is 0 Å². The van der Waals surface area contributed by atoms with Crippen molar-refractivity contribution in [2.24, 2.45) is 0 Å². The van der Waals surface area contributed by atoms with Crippen LogP contribution in [0.25, 0.3) is 0 Å². The molecule has 0 spiro atoms. The molecule has 2 rings (SSSR count). The molecule has 0 aliphatic heterocycles. The summed E-state index contributed by atoms with van der Waals surface area (Å²) in [5, 5.41) is 13.4. The van der Waals surface area contributed by atoms with Crippen molar-refractivity contribution in [2.75, 3.05) is 25.0 Å². The number of benzene rings is 2. The van der Waals surface area contributed by atoms with E-state index >= 15 is 0 Å². The van der Waals surface area contributed by atoms with Crippen molar-refractivity contribution in [3.63, 3.8) is 0 Å². The van der Waals surface area contributed by atoms with Crippen molar-refractivity contribution in [1.82, 2.24) is 4.90 Å². The summed E-state index contributed by atoms with van der Waals surface area (Å²) < 4.78 is 5.34. The molecule has 0 fully saturated rings. The van der Waals surface area contributed by atoms with Crippen LogP contribution in [0.2, 0.25) is 0 Å². The van der Waals surface area contributed by atoms with E-state index < -0.39 is 4.92 Å². The van der Waals surface area contributed by atoms with E-state index in [9.17, 15) is 14.9 Å². The number of hydrogen-bond donors (Lipinski definition) is 1. The number of anilines is 1. The summed E-state index contributed by atoms with van der Waals surface area (Å²) in [7, 11) is 0. The summed E-state index contributed by atoms with van der Waals surface area (Å²) >= 11 is 0. The largest absolute Gasteiger partial charge is 0.484 e. The van der Waals surface area contributed by atoms with Gasteiger partial charge in [-0.15, -0.1) is 0 Å². The molecule has 0 unspecified atom stereocenters. The lowest BCUT2D eigenvalue weighted by Crippen LogP contribution is -2.22. The van der Waals surface area contributed by atoms with Gasteiger partial charge >= 0.3 is 0 Å². The van der Waals surface area contributed by atoms with E-state index in [0.717, 1.165) is 19.6 Å². The molecular formula is C19H23N3O4. The number of nitro groups is 1. The number of carbonyl (C=O) groups excluding carboxylic acids is 1. The first-order valence-corrected chi connectivity index (χ1v) is 8.50. The predicted octanol–water partition coefficient (Wildman–Crippen LogP) is 3.45. The Morgan fingerprint density at radius 3 is 2.23 bits per heavy atom. The average molecular weight is 357 g/mol. The monoisotopic (exact) mass is 357 g/mol. The molecule has 2 aromatic rings. The van der Waals surface area contributed by atoms with Gasteiger partial charge in [0.1, 0.15) is 5.75 Å². The van der Waals surface area contributed by atoms with Gasteiger partial charge in [0.05, 0.1) is 4.92 Å². The second kappa shape index (κ2) is 9.53. The first kappa shape index (κ1) is 19.4. The number of amides is 1. The number of hydrogen-bond acceptors (Lipinski definition) is 5. The van der Waals surface area contributed by atoms with Crippen LogP contribution in [0, 0.1) is 10.1 Å². The number of rotatable bonds is 9. The molecule has 1 N–H and O–H groups in total. The Kier molecular flexibility index (Phi) is 7.11. The van der Waals surface area contributed by atoms with Gasteiger partial charge in [-0.25, -0.2) is 0 Å². The van der Waals surface area contributed by atoms with Crippen LogP contribution < -0.4 is 10.1 Å². The van der Waals surface area contributed by atoms with Gasteiger partial charge in [0.25, 0.3) is 11.6 Å². The maximum Gasteiger partial charge on any atom is 0.269 e. The van der Waals surface area contributed by atoms with E-state index in [1.807, 2.05) is 24.3 Å². The Bertz CT molecular complexity index is 725. The number of ether oxygens (including phenoxy) is 1. The molecule has 7 nitrogen and oxygen atoms in total. The second-order valence-corrected chi connectivity index (χ2v) is 5.75. The lowest BCUT2D eigenvalue weighted by Gasteiger charge is -2.18. The SMILES string of the molecule is CCN(CC)Cc1ccc(NC(=O)COc2ccc([N+](=O)[O-])cc2)cc1. The van der Waals surface area contributed by atoms with Gasteiger partial charge in [0.2, 0.25) is 0 Å². The lowest BCUT2D eigenvalue weighted by atomic mass is 10.2. The summed E-state index contributed by atoms with van der Waals surface area (Å²) in [6.07, 6.45) is 0. The van der Waals surface area contributed by atoms with E-state index in [2.05, 4.69) is 24.1 Å². The van der Waals surface area contributed by atoms with Crippen LogP contribution >= 0.6 is 0 Å². The molecular weight excluding hydrogens is 334 g/mol. The first-order valence-electron chi connectivity index (χ1n) is 8.50. The van der Waals surface area contributed by atoms with E-state index in [4.69, 9.17) is 4.74 Å². The summed E-state index contributed by atoms with van der Waals surface area (Å²) in [4.78, 5) is 24.4. The number of carbonyl (C=O) groups is 1. The number of nitrogens with zero attached hydrogens (tertiary/aromatic N) is 2. The molecule has 2 aromatic carbocycles.